The molecule has 0 aromatic carbocycles. The third-order valence-corrected chi connectivity index (χ3v) is 2.72. The van der Waals surface area contributed by atoms with E-state index in [9.17, 15) is 0 Å². The zero-order chi connectivity index (χ0) is 12.1. The van der Waals surface area contributed by atoms with Crippen molar-refractivity contribution in [3.05, 3.63) is 47.5 Å². The summed E-state index contributed by atoms with van der Waals surface area (Å²) < 4.78 is 1.92. The summed E-state index contributed by atoms with van der Waals surface area (Å²) in [4.78, 5) is 4.10. The molecule has 2 rings (SSSR count). The van der Waals surface area contributed by atoms with Gasteiger partial charge in [0.2, 0.25) is 0 Å². The Morgan fingerprint density at radius 3 is 2.94 bits per heavy atom. The van der Waals surface area contributed by atoms with Gasteiger partial charge in [0, 0.05) is 26.0 Å². The van der Waals surface area contributed by atoms with Crippen LogP contribution in [-0.2, 0) is 20.0 Å². The van der Waals surface area contributed by atoms with E-state index in [1.54, 1.807) is 6.20 Å². The van der Waals surface area contributed by atoms with Crippen LogP contribution in [0.1, 0.15) is 17.0 Å². The van der Waals surface area contributed by atoms with Crippen LogP contribution in [-0.4, -0.2) is 21.3 Å². The molecule has 0 saturated carbocycles. The predicted molar refractivity (Wildman–Crippen MR) is 67.6 cm³/mol. The predicted octanol–water partition coefficient (Wildman–Crippen LogP) is 1.46. The number of nitrogens with one attached hydrogen (secondary N) is 1. The fraction of sp³-hybridized carbons (Fsp3) is 0.385. The van der Waals surface area contributed by atoms with Crippen LogP contribution in [0.4, 0.5) is 0 Å². The van der Waals surface area contributed by atoms with Crippen LogP contribution >= 0.6 is 0 Å². The Morgan fingerprint density at radius 1 is 1.41 bits per heavy atom. The van der Waals surface area contributed by atoms with Crippen molar-refractivity contribution >= 4 is 0 Å². The SMILES string of the molecule is Cc1cc(CNCCc2cccnc2)n(C)n1. The molecule has 2 aromatic heterocycles. The van der Waals surface area contributed by atoms with Crippen molar-refractivity contribution in [3.8, 4) is 0 Å². The van der Waals surface area contributed by atoms with Crippen LogP contribution in [0.2, 0.25) is 0 Å². The second kappa shape index (κ2) is 5.59. The van der Waals surface area contributed by atoms with Crippen molar-refractivity contribution in [2.45, 2.75) is 19.9 Å². The van der Waals surface area contributed by atoms with E-state index in [0.29, 0.717) is 0 Å². The van der Waals surface area contributed by atoms with Gasteiger partial charge in [-0.2, -0.15) is 5.10 Å². The lowest BCUT2D eigenvalue weighted by molar-refractivity contribution is 0.624. The van der Waals surface area contributed by atoms with Gasteiger partial charge in [-0.1, -0.05) is 6.07 Å². The minimum atomic E-state index is 0.859. The van der Waals surface area contributed by atoms with E-state index in [2.05, 4.69) is 27.5 Å². The van der Waals surface area contributed by atoms with E-state index in [-0.39, 0.29) is 0 Å². The van der Waals surface area contributed by atoms with Crippen LogP contribution in [0.15, 0.2) is 30.6 Å². The first kappa shape index (κ1) is 11.8. The van der Waals surface area contributed by atoms with E-state index in [0.717, 1.165) is 25.2 Å². The van der Waals surface area contributed by atoms with Crippen molar-refractivity contribution in [2.75, 3.05) is 6.54 Å². The van der Waals surface area contributed by atoms with Gasteiger partial charge in [-0.3, -0.25) is 9.67 Å². The lowest BCUT2D eigenvalue weighted by atomic mass is 10.2. The highest BCUT2D eigenvalue weighted by Crippen LogP contribution is 2.01. The molecule has 0 bridgehead atoms. The van der Waals surface area contributed by atoms with Crippen molar-refractivity contribution < 1.29 is 0 Å². The largest absolute Gasteiger partial charge is 0.311 e. The van der Waals surface area contributed by atoms with Crippen LogP contribution in [0.5, 0.6) is 0 Å². The quantitative estimate of drug-likeness (QED) is 0.791. The minimum absolute atomic E-state index is 0.859. The molecule has 0 fully saturated rings. The van der Waals surface area contributed by atoms with Gasteiger partial charge < -0.3 is 5.32 Å². The van der Waals surface area contributed by atoms with Gasteiger partial charge in [0.15, 0.2) is 0 Å². The Hall–Kier alpha value is -1.68. The number of hydrogen-bond acceptors (Lipinski definition) is 3. The molecule has 2 heterocycles. The molecule has 0 radical (unpaired) electrons. The fourth-order valence-corrected chi connectivity index (χ4v) is 1.82. The molecule has 4 heteroatoms. The highest BCUT2D eigenvalue weighted by molar-refractivity contribution is 5.10. The van der Waals surface area contributed by atoms with Crippen molar-refractivity contribution in [1.82, 2.24) is 20.1 Å². The van der Waals surface area contributed by atoms with E-state index >= 15 is 0 Å². The van der Waals surface area contributed by atoms with Crippen LogP contribution in [0.25, 0.3) is 0 Å². The topological polar surface area (TPSA) is 42.7 Å². The summed E-state index contributed by atoms with van der Waals surface area (Å²) in [6.07, 6.45) is 4.72. The van der Waals surface area contributed by atoms with E-state index < -0.39 is 0 Å². The summed E-state index contributed by atoms with van der Waals surface area (Å²) in [7, 11) is 1.98. The first-order valence-electron chi connectivity index (χ1n) is 5.85. The molecule has 0 spiro atoms. The van der Waals surface area contributed by atoms with Gasteiger partial charge in [0.1, 0.15) is 0 Å². The first-order chi connectivity index (χ1) is 8.25. The number of aromatic nitrogens is 3. The van der Waals surface area contributed by atoms with E-state index in [1.807, 2.05) is 30.9 Å². The summed E-state index contributed by atoms with van der Waals surface area (Å²) >= 11 is 0. The van der Waals surface area contributed by atoms with Gasteiger partial charge in [0.05, 0.1) is 11.4 Å². The van der Waals surface area contributed by atoms with Crippen LogP contribution in [0, 0.1) is 6.92 Å². The Labute approximate surface area is 102 Å². The fourth-order valence-electron chi connectivity index (χ4n) is 1.82. The van der Waals surface area contributed by atoms with Crippen LogP contribution < -0.4 is 5.32 Å². The monoisotopic (exact) mass is 230 g/mol. The Bertz CT molecular complexity index is 462. The third-order valence-electron chi connectivity index (χ3n) is 2.72. The standard InChI is InChI=1S/C13H18N4/c1-11-8-13(17(2)16-11)10-15-7-5-12-4-3-6-14-9-12/h3-4,6,8-9,15H,5,7,10H2,1-2H3. The molecular weight excluding hydrogens is 212 g/mol. The molecule has 2 aromatic rings. The van der Waals surface area contributed by atoms with Gasteiger partial charge in [0.25, 0.3) is 0 Å². The highest BCUT2D eigenvalue weighted by atomic mass is 15.3. The summed E-state index contributed by atoms with van der Waals surface area (Å²) in [5.41, 5.74) is 3.55. The number of pyridine rings is 1. The number of nitrogens with zero attached hydrogens (tertiary/aromatic N) is 3. The molecule has 0 aliphatic rings. The Balaban J connectivity index is 1.75. The minimum Gasteiger partial charge on any atom is -0.311 e. The van der Waals surface area contributed by atoms with E-state index in [4.69, 9.17) is 0 Å². The lowest BCUT2D eigenvalue weighted by Gasteiger charge is -2.04. The summed E-state index contributed by atoms with van der Waals surface area (Å²) in [5.74, 6) is 0. The number of aryl methyl sites for hydroxylation is 2. The van der Waals surface area contributed by atoms with E-state index in [1.165, 1.54) is 11.3 Å². The number of rotatable bonds is 5. The zero-order valence-corrected chi connectivity index (χ0v) is 10.3. The molecule has 4 nitrogen and oxygen atoms in total. The molecular formula is C13H18N4. The van der Waals surface area contributed by atoms with Gasteiger partial charge >= 0.3 is 0 Å². The molecule has 0 aliphatic heterocycles. The average molecular weight is 230 g/mol. The Morgan fingerprint density at radius 2 is 2.29 bits per heavy atom. The van der Waals surface area contributed by atoms with Crippen molar-refractivity contribution in [1.29, 1.82) is 0 Å². The lowest BCUT2D eigenvalue weighted by Crippen LogP contribution is -2.18. The average Bonchev–Trinajstić information content (AvgIpc) is 2.65. The smallest absolute Gasteiger partial charge is 0.0597 e. The maximum Gasteiger partial charge on any atom is 0.0597 e. The summed E-state index contributed by atoms with van der Waals surface area (Å²) in [5, 5.41) is 7.73. The third kappa shape index (κ3) is 3.39. The molecule has 1 N–H and O–H groups in total. The van der Waals surface area contributed by atoms with Gasteiger partial charge in [-0.05, 0) is 37.6 Å². The second-order valence-electron chi connectivity index (χ2n) is 4.19. The second-order valence-corrected chi connectivity index (χ2v) is 4.19. The highest BCUT2D eigenvalue weighted by Gasteiger charge is 2.00. The van der Waals surface area contributed by atoms with Crippen molar-refractivity contribution in [3.63, 3.8) is 0 Å². The van der Waals surface area contributed by atoms with Gasteiger partial charge in [-0.25, -0.2) is 0 Å². The molecule has 17 heavy (non-hydrogen) atoms. The number of hydrogen-bond donors (Lipinski definition) is 1. The normalized spacial score (nSPS) is 10.7. The molecule has 90 valence electrons. The first-order valence-corrected chi connectivity index (χ1v) is 5.85. The molecule has 0 unspecified atom stereocenters. The molecule has 0 aliphatic carbocycles. The molecule has 0 saturated heterocycles. The Kier molecular flexibility index (Phi) is 3.88. The van der Waals surface area contributed by atoms with Crippen molar-refractivity contribution in [2.24, 2.45) is 7.05 Å². The molecule has 0 atom stereocenters. The van der Waals surface area contributed by atoms with Gasteiger partial charge in [-0.15, -0.1) is 0 Å². The summed E-state index contributed by atoms with van der Waals surface area (Å²) in [6.45, 7) is 3.83. The molecule has 0 amide bonds. The summed E-state index contributed by atoms with van der Waals surface area (Å²) in [6, 6.07) is 6.18. The maximum atomic E-state index is 4.31. The zero-order valence-electron chi connectivity index (χ0n) is 10.3. The maximum absolute atomic E-state index is 4.31. The van der Waals surface area contributed by atoms with Crippen LogP contribution in [0.3, 0.4) is 0 Å².